The second-order valence-corrected chi connectivity index (χ2v) is 4.57. The van der Waals surface area contributed by atoms with Crippen LogP contribution in [0.3, 0.4) is 0 Å². The van der Waals surface area contributed by atoms with Crippen LogP contribution in [0.5, 0.6) is 0 Å². The highest BCUT2D eigenvalue weighted by Gasteiger charge is 2.30. The van der Waals surface area contributed by atoms with Crippen LogP contribution < -0.4 is 5.76 Å². The third-order valence-electron chi connectivity index (χ3n) is 2.95. The van der Waals surface area contributed by atoms with Crippen molar-refractivity contribution in [3.63, 3.8) is 0 Å². The summed E-state index contributed by atoms with van der Waals surface area (Å²) >= 11 is 0. The summed E-state index contributed by atoms with van der Waals surface area (Å²) in [5.41, 5.74) is 0.879. The van der Waals surface area contributed by atoms with E-state index in [0.717, 1.165) is 12.8 Å². The second-order valence-electron chi connectivity index (χ2n) is 4.57. The monoisotopic (exact) mass is 281 g/mol. The van der Waals surface area contributed by atoms with Gasteiger partial charge in [-0.25, -0.2) is 9.18 Å². The lowest BCUT2D eigenvalue weighted by molar-refractivity contribution is -0.144. The maximum atomic E-state index is 12.6. The normalized spacial score (nSPS) is 13.8. The molecule has 0 saturated heterocycles. The Balaban J connectivity index is 0.000000160. The molecule has 0 spiro atoms. The highest BCUT2D eigenvalue weighted by molar-refractivity contribution is 5.74. The molecule has 1 heterocycles. The van der Waals surface area contributed by atoms with Gasteiger partial charge in [-0.3, -0.25) is 9.36 Å². The molecule has 0 bridgehead atoms. The van der Waals surface area contributed by atoms with Crippen LogP contribution in [0, 0.1) is 11.7 Å². The van der Waals surface area contributed by atoms with Crippen LogP contribution in [0.25, 0.3) is 11.1 Å². The van der Waals surface area contributed by atoms with Gasteiger partial charge in [-0.05, 0) is 31.9 Å². The fourth-order valence-electron chi connectivity index (χ4n) is 1.69. The van der Waals surface area contributed by atoms with Crippen LogP contribution in [0.4, 0.5) is 4.39 Å². The van der Waals surface area contributed by atoms with Crippen molar-refractivity contribution in [1.29, 1.82) is 0 Å². The minimum Gasteiger partial charge on any atom is -0.466 e. The number of benzene rings is 1. The topological polar surface area (TPSA) is 61.4 Å². The molecule has 1 aromatic heterocycles. The molecule has 0 amide bonds. The van der Waals surface area contributed by atoms with Crippen molar-refractivity contribution >= 4 is 17.1 Å². The number of rotatable bonds is 2. The number of fused-ring (bicyclic) bond motifs is 1. The molecule has 0 atom stereocenters. The molecule has 6 heteroatoms. The highest BCUT2D eigenvalue weighted by Crippen LogP contribution is 2.29. The molecular weight excluding hydrogens is 265 g/mol. The molecule has 108 valence electrons. The largest absolute Gasteiger partial charge is 0.466 e. The number of nitrogens with zero attached hydrogens (tertiary/aromatic N) is 1. The number of aromatic nitrogens is 1. The Morgan fingerprint density at radius 2 is 2.20 bits per heavy atom. The van der Waals surface area contributed by atoms with Gasteiger partial charge in [-0.15, -0.1) is 0 Å². The third-order valence-corrected chi connectivity index (χ3v) is 2.95. The minimum absolute atomic E-state index is 0.00694. The SMILES string of the molecule is CCOC(=O)C1CC1.Cn1c(=O)oc2cc(F)ccc21. The Labute approximate surface area is 114 Å². The molecule has 20 heavy (non-hydrogen) atoms. The predicted molar refractivity (Wildman–Crippen MR) is 70.8 cm³/mol. The van der Waals surface area contributed by atoms with E-state index >= 15 is 0 Å². The first-order valence-electron chi connectivity index (χ1n) is 6.44. The van der Waals surface area contributed by atoms with E-state index in [1.54, 1.807) is 7.05 Å². The fourth-order valence-corrected chi connectivity index (χ4v) is 1.69. The van der Waals surface area contributed by atoms with Crippen molar-refractivity contribution < 1.29 is 18.3 Å². The Bertz CT molecular complexity index is 669. The van der Waals surface area contributed by atoms with Crippen LogP contribution in [0.15, 0.2) is 27.4 Å². The zero-order valence-electron chi connectivity index (χ0n) is 11.4. The quantitative estimate of drug-likeness (QED) is 0.792. The van der Waals surface area contributed by atoms with E-state index in [1.807, 2.05) is 6.92 Å². The molecule has 0 unspecified atom stereocenters. The lowest BCUT2D eigenvalue weighted by atomic mass is 10.3. The van der Waals surface area contributed by atoms with Gasteiger partial charge in [0.1, 0.15) is 5.82 Å². The number of carbonyl (C=O) groups excluding carboxylic acids is 1. The Morgan fingerprint density at radius 3 is 2.80 bits per heavy atom. The van der Waals surface area contributed by atoms with Crippen molar-refractivity contribution in [2.45, 2.75) is 19.8 Å². The first-order chi connectivity index (χ1) is 9.52. The van der Waals surface area contributed by atoms with E-state index in [1.165, 1.54) is 22.8 Å². The zero-order chi connectivity index (χ0) is 14.7. The van der Waals surface area contributed by atoms with Gasteiger partial charge in [0.25, 0.3) is 0 Å². The first-order valence-corrected chi connectivity index (χ1v) is 6.44. The molecule has 5 nitrogen and oxygen atoms in total. The number of hydrogen-bond donors (Lipinski definition) is 0. The summed E-state index contributed by atoms with van der Waals surface area (Å²) in [6, 6.07) is 3.99. The van der Waals surface area contributed by atoms with E-state index < -0.39 is 11.6 Å². The Morgan fingerprint density at radius 1 is 1.50 bits per heavy atom. The van der Waals surface area contributed by atoms with Gasteiger partial charge in [0.15, 0.2) is 5.58 Å². The highest BCUT2D eigenvalue weighted by atomic mass is 19.1. The van der Waals surface area contributed by atoms with Crippen LogP contribution >= 0.6 is 0 Å². The van der Waals surface area contributed by atoms with E-state index in [4.69, 9.17) is 9.15 Å². The van der Waals surface area contributed by atoms with Gasteiger partial charge in [0.2, 0.25) is 0 Å². The van der Waals surface area contributed by atoms with E-state index in [2.05, 4.69) is 0 Å². The Kier molecular flexibility index (Phi) is 4.22. The minimum atomic E-state index is -0.476. The van der Waals surface area contributed by atoms with E-state index in [-0.39, 0.29) is 17.5 Å². The summed E-state index contributed by atoms with van der Waals surface area (Å²) in [6.45, 7) is 2.36. The van der Waals surface area contributed by atoms with E-state index in [9.17, 15) is 14.0 Å². The van der Waals surface area contributed by atoms with Gasteiger partial charge in [-0.2, -0.15) is 0 Å². The van der Waals surface area contributed by atoms with Gasteiger partial charge in [0.05, 0.1) is 18.0 Å². The van der Waals surface area contributed by atoms with Crippen molar-refractivity contribution in [2.75, 3.05) is 6.61 Å². The van der Waals surface area contributed by atoms with Crippen molar-refractivity contribution in [3.8, 4) is 0 Å². The van der Waals surface area contributed by atoms with Crippen LogP contribution in [0.1, 0.15) is 19.8 Å². The predicted octanol–water partition coefficient (Wildman–Crippen LogP) is 2.23. The molecule has 1 aromatic carbocycles. The molecule has 0 N–H and O–H groups in total. The lowest BCUT2D eigenvalue weighted by Crippen LogP contribution is -2.08. The second kappa shape index (κ2) is 5.90. The van der Waals surface area contributed by atoms with Gasteiger partial charge >= 0.3 is 11.7 Å². The van der Waals surface area contributed by atoms with Crippen LogP contribution in [-0.4, -0.2) is 17.1 Å². The summed E-state index contributed by atoms with van der Waals surface area (Å²) < 4.78 is 23.4. The summed E-state index contributed by atoms with van der Waals surface area (Å²) in [7, 11) is 1.58. The van der Waals surface area contributed by atoms with Crippen molar-refractivity contribution in [1.82, 2.24) is 4.57 Å². The average molecular weight is 281 g/mol. The average Bonchev–Trinajstić information content (AvgIpc) is 3.20. The Hall–Kier alpha value is -2.11. The molecule has 1 fully saturated rings. The number of hydrogen-bond acceptors (Lipinski definition) is 4. The molecule has 1 aliphatic carbocycles. The summed E-state index contributed by atoms with van der Waals surface area (Å²) in [5, 5.41) is 0. The summed E-state index contributed by atoms with van der Waals surface area (Å²) in [5.74, 6) is -0.630. The van der Waals surface area contributed by atoms with E-state index in [0.29, 0.717) is 12.1 Å². The summed E-state index contributed by atoms with van der Waals surface area (Å²) in [6.07, 6.45) is 2.08. The van der Waals surface area contributed by atoms with Crippen molar-refractivity contribution in [3.05, 3.63) is 34.6 Å². The van der Waals surface area contributed by atoms with Gasteiger partial charge < -0.3 is 9.15 Å². The third kappa shape index (κ3) is 3.26. The van der Waals surface area contributed by atoms with Crippen molar-refractivity contribution in [2.24, 2.45) is 13.0 Å². The summed E-state index contributed by atoms with van der Waals surface area (Å²) in [4.78, 5) is 21.5. The zero-order valence-corrected chi connectivity index (χ0v) is 11.4. The number of ether oxygens (including phenoxy) is 1. The number of aryl methyl sites for hydroxylation is 1. The molecule has 1 aliphatic rings. The van der Waals surface area contributed by atoms with Crippen LogP contribution in [-0.2, 0) is 16.6 Å². The molecule has 3 rings (SSSR count). The maximum absolute atomic E-state index is 12.6. The molecule has 0 radical (unpaired) electrons. The molecule has 0 aliphatic heterocycles. The number of esters is 1. The molecular formula is C14H16FNO4. The number of halogens is 1. The number of oxazole rings is 1. The fraction of sp³-hybridized carbons (Fsp3) is 0.429. The first kappa shape index (κ1) is 14.3. The smallest absolute Gasteiger partial charge is 0.419 e. The molecule has 2 aromatic rings. The lowest BCUT2D eigenvalue weighted by Gasteiger charge is -1.95. The maximum Gasteiger partial charge on any atom is 0.419 e. The number of carbonyl (C=O) groups is 1. The van der Waals surface area contributed by atoms with Gasteiger partial charge in [-0.1, -0.05) is 0 Å². The molecule has 1 saturated carbocycles. The standard InChI is InChI=1S/C8H6FNO2.C6H10O2/c1-10-6-3-2-5(9)4-7(6)12-8(10)11;1-2-8-6(7)5-3-4-5/h2-4H,1H3;5H,2-4H2,1H3. The van der Waals surface area contributed by atoms with Gasteiger partial charge in [0, 0.05) is 13.1 Å². The van der Waals surface area contributed by atoms with Crippen LogP contribution in [0.2, 0.25) is 0 Å².